The van der Waals surface area contributed by atoms with Gasteiger partial charge >= 0.3 is 5.97 Å². The molecule has 0 saturated heterocycles. The minimum absolute atomic E-state index is 0.142. The van der Waals surface area contributed by atoms with E-state index >= 15 is 0 Å². The molecule has 7 nitrogen and oxygen atoms in total. The SMILES string of the molecule is O=C(O)c1ccc(OCCNS(=O)(=O)N2CC=CCC2)cc1. The molecule has 8 heteroatoms. The van der Waals surface area contributed by atoms with Crippen molar-refractivity contribution in [1.82, 2.24) is 9.03 Å². The zero-order valence-electron chi connectivity index (χ0n) is 11.9. The van der Waals surface area contributed by atoms with Gasteiger partial charge in [-0.25, -0.2) is 4.79 Å². The van der Waals surface area contributed by atoms with Crippen molar-refractivity contribution in [2.75, 3.05) is 26.2 Å². The van der Waals surface area contributed by atoms with Gasteiger partial charge in [-0.3, -0.25) is 0 Å². The lowest BCUT2D eigenvalue weighted by molar-refractivity contribution is 0.0697. The van der Waals surface area contributed by atoms with Gasteiger partial charge in [0.15, 0.2) is 0 Å². The Hall–Kier alpha value is -1.90. The van der Waals surface area contributed by atoms with Crippen LogP contribution in [0.4, 0.5) is 0 Å². The molecule has 0 atom stereocenters. The second-order valence-electron chi connectivity index (χ2n) is 4.70. The summed E-state index contributed by atoms with van der Waals surface area (Å²) in [5.41, 5.74) is 0.172. The Kier molecular flexibility index (Phi) is 5.53. The molecule has 0 radical (unpaired) electrons. The Morgan fingerprint density at radius 2 is 2.00 bits per heavy atom. The number of hydrogen-bond donors (Lipinski definition) is 2. The topological polar surface area (TPSA) is 95.9 Å². The van der Waals surface area contributed by atoms with Crippen molar-refractivity contribution in [3.63, 3.8) is 0 Å². The summed E-state index contributed by atoms with van der Waals surface area (Å²) in [7, 11) is -3.48. The number of hydrogen-bond acceptors (Lipinski definition) is 4. The van der Waals surface area contributed by atoms with E-state index in [2.05, 4.69) is 4.72 Å². The Morgan fingerprint density at radius 3 is 2.59 bits per heavy atom. The van der Waals surface area contributed by atoms with Gasteiger partial charge in [0.2, 0.25) is 0 Å². The standard InChI is InChI=1S/C14H18N2O5S/c17-14(18)12-4-6-13(7-5-12)21-11-8-15-22(19,20)16-9-2-1-3-10-16/h1-2,4-7,15H,3,8-11H2,(H,17,18). The van der Waals surface area contributed by atoms with E-state index in [0.29, 0.717) is 25.3 Å². The van der Waals surface area contributed by atoms with E-state index in [4.69, 9.17) is 9.84 Å². The maximum absolute atomic E-state index is 12.0. The molecule has 1 aromatic carbocycles. The minimum atomic E-state index is -3.48. The predicted molar refractivity (Wildman–Crippen MR) is 81.1 cm³/mol. The van der Waals surface area contributed by atoms with Gasteiger partial charge in [-0.15, -0.1) is 0 Å². The number of carbonyl (C=O) groups is 1. The summed E-state index contributed by atoms with van der Waals surface area (Å²) in [5, 5.41) is 8.78. The predicted octanol–water partition coefficient (Wildman–Crippen LogP) is 0.860. The lowest BCUT2D eigenvalue weighted by atomic mass is 10.2. The smallest absolute Gasteiger partial charge is 0.335 e. The van der Waals surface area contributed by atoms with Crippen molar-refractivity contribution in [2.45, 2.75) is 6.42 Å². The Morgan fingerprint density at radius 1 is 1.27 bits per heavy atom. The normalized spacial score (nSPS) is 15.6. The van der Waals surface area contributed by atoms with Gasteiger partial charge in [0.1, 0.15) is 12.4 Å². The Bertz CT molecular complexity index is 640. The summed E-state index contributed by atoms with van der Waals surface area (Å²) in [6.07, 6.45) is 4.49. The Labute approximate surface area is 129 Å². The first-order valence-corrected chi connectivity index (χ1v) is 8.29. The summed E-state index contributed by atoms with van der Waals surface area (Å²) >= 11 is 0. The number of carboxylic acids is 1. The molecule has 0 amide bonds. The fourth-order valence-corrected chi connectivity index (χ4v) is 3.11. The number of nitrogens with one attached hydrogen (secondary N) is 1. The van der Waals surface area contributed by atoms with Crippen LogP contribution in [0.3, 0.4) is 0 Å². The highest BCUT2D eigenvalue weighted by molar-refractivity contribution is 7.87. The van der Waals surface area contributed by atoms with E-state index in [0.717, 1.165) is 0 Å². The molecule has 0 unspecified atom stereocenters. The van der Waals surface area contributed by atoms with Crippen molar-refractivity contribution in [3.05, 3.63) is 42.0 Å². The molecule has 0 saturated carbocycles. The van der Waals surface area contributed by atoms with E-state index < -0.39 is 16.2 Å². The molecule has 0 spiro atoms. The number of aromatic carboxylic acids is 1. The Balaban J connectivity index is 1.76. The molecule has 0 aliphatic carbocycles. The molecule has 0 fully saturated rings. The van der Waals surface area contributed by atoms with Crippen LogP contribution in [0.1, 0.15) is 16.8 Å². The highest BCUT2D eigenvalue weighted by Crippen LogP contribution is 2.12. The molecule has 0 aromatic heterocycles. The summed E-state index contributed by atoms with van der Waals surface area (Å²) in [4.78, 5) is 10.7. The van der Waals surface area contributed by atoms with Crippen LogP contribution in [0.2, 0.25) is 0 Å². The van der Waals surface area contributed by atoms with Gasteiger partial charge < -0.3 is 9.84 Å². The van der Waals surface area contributed by atoms with Crippen molar-refractivity contribution in [3.8, 4) is 5.75 Å². The van der Waals surface area contributed by atoms with Crippen LogP contribution in [-0.2, 0) is 10.2 Å². The fourth-order valence-electron chi connectivity index (χ4n) is 1.96. The number of rotatable bonds is 7. The lowest BCUT2D eigenvalue weighted by Gasteiger charge is -2.22. The van der Waals surface area contributed by atoms with Crippen molar-refractivity contribution < 1.29 is 23.1 Å². The van der Waals surface area contributed by atoms with Crippen LogP contribution in [0.15, 0.2) is 36.4 Å². The molecule has 22 heavy (non-hydrogen) atoms. The molecule has 1 aromatic rings. The quantitative estimate of drug-likeness (QED) is 0.572. The first-order chi connectivity index (χ1) is 10.5. The molecule has 2 rings (SSSR count). The van der Waals surface area contributed by atoms with Crippen molar-refractivity contribution in [2.24, 2.45) is 0 Å². The maximum Gasteiger partial charge on any atom is 0.335 e. The fraction of sp³-hybridized carbons (Fsp3) is 0.357. The van der Waals surface area contributed by atoms with E-state index in [1.54, 1.807) is 0 Å². The summed E-state index contributed by atoms with van der Waals surface area (Å²) in [6, 6.07) is 5.94. The van der Waals surface area contributed by atoms with E-state index in [1.807, 2.05) is 12.2 Å². The number of benzene rings is 1. The highest BCUT2D eigenvalue weighted by atomic mass is 32.2. The lowest BCUT2D eigenvalue weighted by Crippen LogP contribution is -2.43. The third-order valence-electron chi connectivity index (χ3n) is 3.12. The van der Waals surface area contributed by atoms with Crippen LogP contribution < -0.4 is 9.46 Å². The monoisotopic (exact) mass is 326 g/mol. The molecular weight excluding hydrogens is 308 g/mol. The largest absolute Gasteiger partial charge is 0.492 e. The van der Waals surface area contributed by atoms with E-state index in [9.17, 15) is 13.2 Å². The van der Waals surface area contributed by atoms with Crippen LogP contribution in [0.5, 0.6) is 5.75 Å². The third-order valence-corrected chi connectivity index (χ3v) is 4.70. The molecule has 120 valence electrons. The minimum Gasteiger partial charge on any atom is -0.492 e. The average Bonchev–Trinajstić information content (AvgIpc) is 2.53. The van der Waals surface area contributed by atoms with Gasteiger partial charge in [0, 0.05) is 19.6 Å². The van der Waals surface area contributed by atoms with Crippen LogP contribution in [0, 0.1) is 0 Å². The highest BCUT2D eigenvalue weighted by Gasteiger charge is 2.20. The summed E-state index contributed by atoms with van der Waals surface area (Å²) in [5.74, 6) is -0.514. The van der Waals surface area contributed by atoms with Gasteiger partial charge in [0.05, 0.1) is 5.56 Å². The van der Waals surface area contributed by atoms with Gasteiger partial charge in [-0.05, 0) is 30.7 Å². The van der Waals surface area contributed by atoms with Crippen LogP contribution in [-0.4, -0.2) is 50.0 Å². The maximum atomic E-state index is 12.0. The molecule has 1 aliphatic rings. The number of nitrogens with zero attached hydrogens (tertiary/aromatic N) is 1. The average molecular weight is 326 g/mol. The second kappa shape index (κ2) is 7.39. The summed E-state index contributed by atoms with van der Waals surface area (Å²) in [6.45, 7) is 1.16. The number of ether oxygens (including phenoxy) is 1. The van der Waals surface area contributed by atoms with E-state index in [-0.39, 0.29) is 18.7 Å². The van der Waals surface area contributed by atoms with Crippen LogP contribution >= 0.6 is 0 Å². The number of carboxylic acid groups (broad SMARTS) is 1. The first-order valence-electron chi connectivity index (χ1n) is 6.85. The van der Waals surface area contributed by atoms with Crippen molar-refractivity contribution in [1.29, 1.82) is 0 Å². The second-order valence-corrected chi connectivity index (χ2v) is 6.45. The van der Waals surface area contributed by atoms with E-state index in [1.165, 1.54) is 28.6 Å². The zero-order valence-corrected chi connectivity index (χ0v) is 12.8. The third kappa shape index (κ3) is 4.55. The molecule has 0 bridgehead atoms. The molecular formula is C14H18N2O5S. The van der Waals surface area contributed by atoms with Gasteiger partial charge in [-0.1, -0.05) is 12.2 Å². The van der Waals surface area contributed by atoms with Gasteiger partial charge in [-0.2, -0.15) is 17.4 Å². The van der Waals surface area contributed by atoms with Gasteiger partial charge in [0.25, 0.3) is 10.2 Å². The molecule has 2 N–H and O–H groups in total. The molecule has 1 heterocycles. The van der Waals surface area contributed by atoms with Crippen LogP contribution in [0.25, 0.3) is 0 Å². The zero-order chi connectivity index (χ0) is 16.0. The van der Waals surface area contributed by atoms with Crippen molar-refractivity contribution >= 4 is 16.2 Å². The molecule has 1 aliphatic heterocycles. The summed E-state index contributed by atoms with van der Waals surface area (Å²) < 4.78 is 33.2. The first kappa shape index (κ1) is 16.5.